The third-order valence-electron chi connectivity index (χ3n) is 6.08. The molecule has 32 heavy (non-hydrogen) atoms. The molecule has 2 saturated heterocycles. The lowest BCUT2D eigenvalue weighted by atomic mass is 10.0. The monoisotopic (exact) mass is 435 g/mol. The number of amides is 4. The Hall–Kier alpha value is -3.39. The molecule has 2 aliphatic rings. The van der Waals surface area contributed by atoms with Gasteiger partial charge in [0.15, 0.2) is 0 Å². The first kappa shape index (κ1) is 21.8. The second kappa shape index (κ2) is 9.82. The number of urea groups is 1. The van der Waals surface area contributed by atoms with E-state index in [4.69, 9.17) is 0 Å². The zero-order valence-corrected chi connectivity index (χ0v) is 18.2. The summed E-state index contributed by atoms with van der Waals surface area (Å²) in [7, 11) is 2.04. The van der Waals surface area contributed by atoms with Gasteiger partial charge in [0.2, 0.25) is 11.8 Å². The van der Waals surface area contributed by atoms with Gasteiger partial charge in [-0.25, -0.2) is 4.79 Å². The maximum atomic E-state index is 12.4. The van der Waals surface area contributed by atoms with Crippen LogP contribution in [0.1, 0.15) is 24.8 Å². The molecule has 0 spiro atoms. The van der Waals surface area contributed by atoms with Crippen molar-refractivity contribution in [3.8, 4) is 0 Å². The van der Waals surface area contributed by atoms with Crippen LogP contribution in [0.3, 0.4) is 0 Å². The molecule has 8 nitrogen and oxygen atoms in total. The van der Waals surface area contributed by atoms with Crippen molar-refractivity contribution in [2.45, 2.75) is 37.9 Å². The van der Waals surface area contributed by atoms with Gasteiger partial charge in [0.05, 0.1) is 12.5 Å². The number of benzene rings is 2. The molecule has 0 aliphatic carbocycles. The van der Waals surface area contributed by atoms with Gasteiger partial charge in [-0.3, -0.25) is 19.8 Å². The van der Waals surface area contributed by atoms with E-state index in [0.717, 1.165) is 30.8 Å². The maximum absolute atomic E-state index is 12.4. The van der Waals surface area contributed by atoms with Crippen molar-refractivity contribution in [2.75, 3.05) is 30.4 Å². The smallest absolute Gasteiger partial charge is 0.319 e. The van der Waals surface area contributed by atoms with Crippen LogP contribution in [-0.2, 0) is 16.1 Å². The molecule has 1 unspecified atom stereocenters. The van der Waals surface area contributed by atoms with E-state index in [1.807, 2.05) is 54.4 Å². The Labute approximate surface area is 188 Å². The second-order valence-electron chi connectivity index (χ2n) is 8.43. The Bertz CT molecular complexity index is 955. The highest BCUT2D eigenvalue weighted by atomic mass is 16.2. The predicted octanol–water partition coefficient (Wildman–Crippen LogP) is 2.32. The minimum absolute atomic E-state index is 0.0442. The van der Waals surface area contributed by atoms with E-state index >= 15 is 0 Å². The first-order chi connectivity index (χ1) is 15.5. The van der Waals surface area contributed by atoms with Crippen LogP contribution in [0.15, 0.2) is 54.6 Å². The number of anilines is 2. The summed E-state index contributed by atoms with van der Waals surface area (Å²) < 4.78 is 0. The Morgan fingerprint density at radius 1 is 1.06 bits per heavy atom. The van der Waals surface area contributed by atoms with Gasteiger partial charge in [-0.2, -0.15) is 0 Å². The van der Waals surface area contributed by atoms with E-state index in [2.05, 4.69) is 33.0 Å². The van der Waals surface area contributed by atoms with Crippen molar-refractivity contribution in [3.05, 3.63) is 60.2 Å². The number of piperidine rings is 1. The van der Waals surface area contributed by atoms with Crippen LogP contribution in [0.25, 0.3) is 0 Å². The van der Waals surface area contributed by atoms with E-state index in [1.165, 1.54) is 5.56 Å². The van der Waals surface area contributed by atoms with Crippen LogP contribution >= 0.6 is 0 Å². The number of carbonyl (C=O) groups excluding carboxylic acids is 3. The predicted molar refractivity (Wildman–Crippen MR) is 123 cm³/mol. The van der Waals surface area contributed by atoms with E-state index in [-0.39, 0.29) is 36.3 Å². The van der Waals surface area contributed by atoms with Crippen molar-refractivity contribution in [3.63, 3.8) is 0 Å². The molecular weight excluding hydrogens is 406 g/mol. The highest BCUT2D eigenvalue weighted by Gasteiger charge is 2.37. The van der Waals surface area contributed by atoms with Crippen LogP contribution in [0.5, 0.6) is 0 Å². The molecule has 0 saturated carbocycles. The van der Waals surface area contributed by atoms with Crippen molar-refractivity contribution < 1.29 is 14.4 Å². The van der Waals surface area contributed by atoms with Crippen molar-refractivity contribution in [1.29, 1.82) is 0 Å². The minimum atomic E-state index is -0.365. The van der Waals surface area contributed by atoms with Crippen molar-refractivity contribution in [1.82, 2.24) is 15.5 Å². The fourth-order valence-corrected chi connectivity index (χ4v) is 4.29. The summed E-state index contributed by atoms with van der Waals surface area (Å²) in [6.07, 6.45) is 1.72. The van der Waals surface area contributed by atoms with Crippen LogP contribution in [0, 0.1) is 0 Å². The quantitative estimate of drug-likeness (QED) is 0.606. The van der Waals surface area contributed by atoms with Crippen LogP contribution in [-0.4, -0.2) is 55.0 Å². The van der Waals surface area contributed by atoms with Gasteiger partial charge in [-0.05, 0) is 42.7 Å². The Kier molecular flexibility index (Phi) is 6.70. The number of carbonyl (C=O) groups is 3. The van der Waals surface area contributed by atoms with Gasteiger partial charge >= 0.3 is 6.03 Å². The molecule has 2 fully saturated rings. The first-order valence-corrected chi connectivity index (χ1v) is 11.0. The standard InChI is InChI=1S/C24H29N5O3/c1-28(16-17-5-3-2-4-6-17)20-9-7-18(8-10-20)25-24(32)26-19-11-13-29(14-12-19)21-15-22(30)27-23(21)31/h2-10,19,21H,11-16H2,1H3,(H2,25,26,32)(H,27,30,31). The fraction of sp³-hybridized carbons (Fsp3) is 0.375. The third kappa shape index (κ3) is 5.45. The highest BCUT2D eigenvalue weighted by molar-refractivity contribution is 6.05. The molecular formula is C24H29N5O3. The summed E-state index contributed by atoms with van der Waals surface area (Å²) >= 11 is 0. The largest absolute Gasteiger partial charge is 0.370 e. The lowest BCUT2D eigenvalue weighted by molar-refractivity contribution is -0.126. The molecule has 2 heterocycles. The van der Waals surface area contributed by atoms with Gasteiger partial charge in [0.25, 0.3) is 0 Å². The molecule has 0 aromatic heterocycles. The topological polar surface area (TPSA) is 93.8 Å². The molecule has 0 bridgehead atoms. The normalized spacial score (nSPS) is 19.5. The van der Waals surface area contributed by atoms with Crippen molar-refractivity contribution in [2.24, 2.45) is 0 Å². The van der Waals surface area contributed by atoms with Crippen LogP contribution in [0.4, 0.5) is 16.2 Å². The summed E-state index contributed by atoms with van der Waals surface area (Å²) in [5.74, 6) is -0.422. The number of hydrogen-bond donors (Lipinski definition) is 3. The second-order valence-corrected chi connectivity index (χ2v) is 8.43. The SMILES string of the molecule is CN(Cc1ccccc1)c1ccc(NC(=O)NC2CCN(C3CC(=O)NC3=O)CC2)cc1. The van der Waals surface area contributed by atoms with E-state index in [9.17, 15) is 14.4 Å². The van der Waals surface area contributed by atoms with Gasteiger partial charge in [0, 0.05) is 44.1 Å². The van der Waals surface area contributed by atoms with Crippen LogP contribution in [0.2, 0.25) is 0 Å². The number of nitrogens with one attached hydrogen (secondary N) is 3. The molecule has 2 aliphatic heterocycles. The molecule has 3 N–H and O–H groups in total. The Balaban J connectivity index is 1.22. The summed E-state index contributed by atoms with van der Waals surface area (Å²) in [5.41, 5.74) is 3.04. The zero-order chi connectivity index (χ0) is 22.5. The summed E-state index contributed by atoms with van der Waals surface area (Å²) in [5, 5.41) is 8.26. The molecule has 8 heteroatoms. The van der Waals surface area contributed by atoms with Crippen molar-refractivity contribution >= 4 is 29.2 Å². The fourth-order valence-electron chi connectivity index (χ4n) is 4.29. The van der Waals surface area contributed by atoms with E-state index in [0.29, 0.717) is 13.1 Å². The number of rotatable bonds is 6. The minimum Gasteiger partial charge on any atom is -0.370 e. The Morgan fingerprint density at radius 3 is 2.38 bits per heavy atom. The number of likely N-dealkylation sites (tertiary alicyclic amines) is 1. The molecule has 4 rings (SSSR count). The average Bonchev–Trinajstić information content (AvgIpc) is 3.13. The number of nitrogens with zero attached hydrogens (tertiary/aromatic N) is 2. The highest BCUT2D eigenvalue weighted by Crippen LogP contribution is 2.20. The molecule has 2 aromatic rings. The zero-order valence-electron chi connectivity index (χ0n) is 18.2. The molecule has 2 aromatic carbocycles. The number of hydrogen-bond acceptors (Lipinski definition) is 5. The van der Waals surface area contributed by atoms with Crippen LogP contribution < -0.4 is 20.9 Å². The summed E-state index contributed by atoms with van der Waals surface area (Å²) in [6, 6.07) is 17.5. The maximum Gasteiger partial charge on any atom is 0.319 e. The lowest BCUT2D eigenvalue weighted by Gasteiger charge is -2.34. The van der Waals surface area contributed by atoms with Gasteiger partial charge in [0.1, 0.15) is 0 Å². The van der Waals surface area contributed by atoms with E-state index < -0.39 is 0 Å². The molecule has 4 amide bonds. The summed E-state index contributed by atoms with van der Waals surface area (Å²) in [4.78, 5) is 39.9. The first-order valence-electron chi connectivity index (χ1n) is 11.0. The lowest BCUT2D eigenvalue weighted by Crippen LogP contribution is -2.50. The molecule has 0 radical (unpaired) electrons. The molecule has 168 valence electrons. The van der Waals surface area contributed by atoms with E-state index in [1.54, 1.807) is 0 Å². The molecule has 1 atom stereocenters. The summed E-state index contributed by atoms with van der Waals surface area (Å²) in [6.45, 7) is 2.17. The van der Waals surface area contributed by atoms with Gasteiger partial charge < -0.3 is 15.5 Å². The van der Waals surface area contributed by atoms with Gasteiger partial charge in [-0.15, -0.1) is 0 Å². The number of imide groups is 1. The Morgan fingerprint density at radius 2 is 1.75 bits per heavy atom. The average molecular weight is 436 g/mol. The van der Waals surface area contributed by atoms with Gasteiger partial charge in [-0.1, -0.05) is 30.3 Å². The third-order valence-corrected chi connectivity index (χ3v) is 6.08.